The summed E-state index contributed by atoms with van der Waals surface area (Å²) in [5.41, 5.74) is 2.64. The molecule has 2 aromatic heterocycles. The number of anilines is 1. The fourth-order valence-electron chi connectivity index (χ4n) is 4.00. The molecular formula is C22H27N5O2. The molecule has 0 atom stereocenters. The van der Waals surface area contributed by atoms with E-state index in [1.807, 2.05) is 44.2 Å². The zero-order chi connectivity index (χ0) is 20.4. The van der Waals surface area contributed by atoms with E-state index in [0.29, 0.717) is 17.4 Å². The number of hydrogen-bond donors (Lipinski definition) is 2. The second kappa shape index (κ2) is 8.11. The molecule has 4 rings (SSSR count). The molecule has 1 aromatic carbocycles. The normalized spacial score (nSPS) is 14.7. The summed E-state index contributed by atoms with van der Waals surface area (Å²) in [5.74, 6) is 1.94. The molecule has 0 aliphatic heterocycles. The standard InChI is InChI=1S/C22H27N5O2/c1-14-12-19(24-21-17(14)10-7-11-18(21)29-3)27-20(13-15(2)26-27)25-22(28)23-16-8-5-4-6-9-16/h7,10-13,16H,4-6,8-9H2,1-3H3,(H2,23,25,28). The number of fused-ring (bicyclic) bond motifs is 1. The highest BCUT2D eigenvalue weighted by atomic mass is 16.5. The molecule has 7 heteroatoms. The van der Waals surface area contributed by atoms with Gasteiger partial charge in [0.25, 0.3) is 0 Å². The molecule has 152 valence electrons. The average Bonchev–Trinajstić information content (AvgIpc) is 3.08. The van der Waals surface area contributed by atoms with Crippen LogP contribution in [0.25, 0.3) is 16.7 Å². The Hall–Kier alpha value is -3.09. The molecule has 0 radical (unpaired) electrons. The van der Waals surface area contributed by atoms with Crippen LogP contribution in [0.1, 0.15) is 43.4 Å². The van der Waals surface area contributed by atoms with Crippen LogP contribution in [0.15, 0.2) is 30.3 Å². The van der Waals surface area contributed by atoms with E-state index in [1.54, 1.807) is 11.8 Å². The first-order chi connectivity index (χ1) is 14.0. The summed E-state index contributed by atoms with van der Waals surface area (Å²) in [7, 11) is 1.64. The largest absolute Gasteiger partial charge is 0.494 e. The number of rotatable bonds is 4. The molecule has 3 aromatic rings. The third-order valence-electron chi connectivity index (χ3n) is 5.45. The minimum absolute atomic E-state index is 0.201. The number of carbonyl (C=O) groups is 1. The molecule has 1 fully saturated rings. The van der Waals surface area contributed by atoms with Gasteiger partial charge < -0.3 is 10.1 Å². The minimum Gasteiger partial charge on any atom is -0.494 e. The number of ether oxygens (including phenoxy) is 1. The van der Waals surface area contributed by atoms with E-state index in [1.165, 1.54) is 19.3 Å². The number of aryl methyl sites for hydroxylation is 2. The van der Waals surface area contributed by atoms with Gasteiger partial charge in [-0.25, -0.2) is 9.78 Å². The van der Waals surface area contributed by atoms with Gasteiger partial charge in [-0.2, -0.15) is 9.78 Å². The molecule has 0 saturated heterocycles. The van der Waals surface area contributed by atoms with Gasteiger partial charge in [0.2, 0.25) is 0 Å². The van der Waals surface area contributed by atoms with Crippen LogP contribution >= 0.6 is 0 Å². The van der Waals surface area contributed by atoms with E-state index in [4.69, 9.17) is 9.72 Å². The maximum atomic E-state index is 12.5. The lowest BCUT2D eigenvalue weighted by Crippen LogP contribution is -2.39. The third kappa shape index (κ3) is 4.04. The summed E-state index contributed by atoms with van der Waals surface area (Å²) < 4.78 is 7.16. The highest BCUT2D eigenvalue weighted by Gasteiger charge is 2.18. The van der Waals surface area contributed by atoms with Crippen LogP contribution in [-0.4, -0.2) is 33.9 Å². The van der Waals surface area contributed by atoms with E-state index in [-0.39, 0.29) is 12.1 Å². The van der Waals surface area contributed by atoms with Gasteiger partial charge in [0.05, 0.1) is 12.8 Å². The molecule has 2 N–H and O–H groups in total. The molecule has 29 heavy (non-hydrogen) atoms. The third-order valence-corrected chi connectivity index (χ3v) is 5.45. The van der Waals surface area contributed by atoms with Crippen LogP contribution in [0.5, 0.6) is 5.75 Å². The van der Waals surface area contributed by atoms with Crippen LogP contribution in [0.2, 0.25) is 0 Å². The Bertz CT molecular complexity index is 1040. The number of methoxy groups -OCH3 is 1. The average molecular weight is 393 g/mol. The molecule has 1 aliphatic carbocycles. The Morgan fingerprint density at radius 2 is 1.97 bits per heavy atom. The van der Waals surface area contributed by atoms with Crippen molar-refractivity contribution in [3.8, 4) is 11.6 Å². The van der Waals surface area contributed by atoms with Gasteiger partial charge in [0.15, 0.2) is 5.82 Å². The number of para-hydroxylation sites is 1. The molecule has 0 unspecified atom stereocenters. The second-order valence-electron chi connectivity index (χ2n) is 7.67. The van der Waals surface area contributed by atoms with Crippen molar-refractivity contribution < 1.29 is 9.53 Å². The maximum absolute atomic E-state index is 12.5. The molecular weight excluding hydrogens is 366 g/mol. The van der Waals surface area contributed by atoms with Crippen molar-refractivity contribution in [3.05, 3.63) is 41.6 Å². The van der Waals surface area contributed by atoms with Crippen LogP contribution < -0.4 is 15.4 Å². The van der Waals surface area contributed by atoms with E-state index < -0.39 is 0 Å². The first kappa shape index (κ1) is 19.2. The molecule has 7 nitrogen and oxygen atoms in total. The number of amides is 2. The fraction of sp³-hybridized carbons (Fsp3) is 0.409. The molecule has 1 aliphatic rings. The molecule has 1 saturated carbocycles. The predicted octanol–water partition coefficient (Wildman–Crippen LogP) is 4.50. The summed E-state index contributed by atoms with van der Waals surface area (Å²) in [6, 6.07) is 9.73. The Morgan fingerprint density at radius 1 is 1.17 bits per heavy atom. The van der Waals surface area contributed by atoms with Gasteiger partial charge in [0.1, 0.15) is 17.1 Å². The molecule has 0 spiro atoms. The highest BCUT2D eigenvalue weighted by Crippen LogP contribution is 2.28. The Kier molecular flexibility index (Phi) is 5.38. The quantitative estimate of drug-likeness (QED) is 0.684. The minimum atomic E-state index is -0.201. The van der Waals surface area contributed by atoms with Gasteiger partial charge in [0, 0.05) is 17.5 Å². The summed E-state index contributed by atoms with van der Waals surface area (Å²) in [5, 5.41) is 11.6. The number of urea groups is 1. The van der Waals surface area contributed by atoms with Gasteiger partial charge >= 0.3 is 6.03 Å². The van der Waals surface area contributed by atoms with Crippen molar-refractivity contribution in [2.75, 3.05) is 12.4 Å². The lowest BCUT2D eigenvalue weighted by atomic mass is 9.96. The van der Waals surface area contributed by atoms with Crippen LogP contribution in [0.4, 0.5) is 10.6 Å². The Morgan fingerprint density at radius 3 is 2.72 bits per heavy atom. The molecule has 0 bridgehead atoms. The van der Waals surface area contributed by atoms with E-state index >= 15 is 0 Å². The van der Waals surface area contributed by atoms with E-state index in [0.717, 1.165) is 35.0 Å². The maximum Gasteiger partial charge on any atom is 0.320 e. The van der Waals surface area contributed by atoms with Crippen LogP contribution in [0.3, 0.4) is 0 Å². The van der Waals surface area contributed by atoms with Crippen molar-refractivity contribution >= 4 is 22.8 Å². The Balaban J connectivity index is 1.65. The van der Waals surface area contributed by atoms with Gasteiger partial charge in [-0.1, -0.05) is 31.4 Å². The number of carbonyl (C=O) groups excluding carboxylic acids is 1. The van der Waals surface area contributed by atoms with Crippen molar-refractivity contribution in [2.45, 2.75) is 52.0 Å². The number of benzene rings is 1. The smallest absolute Gasteiger partial charge is 0.320 e. The van der Waals surface area contributed by atoms with Gasteiger partial charge in [-0.15, -0.1) is 0 Å². The predicted molar refractivity (Wildman–Crippen MR) is 114 cm³/mol. The van der Waals surface area contributed by atoms with Gasteiger partial charge in [-0.3, -0.25) is 5.32 Å². The second-order valence-corrected chi connectivity index (χ2v) is 7.67. The molecule has 2 amide bonds. The lowest BCUT2D eigenvalue weighted by molar-refractivity contribution is 0.244. The fourth-order valence-corrected chi connectivity index (χ4v) is 4.00. The number of hydrogen-bond acceptors (Lipinski definition) is 4. The summed E-state index contributed by atoms with van der Waals surface area (Å²) in [6.45, 7) is 3.93. The van der Waals surface area contributed by atoms with Crippen LogP contribution in [-0.2, 0) is 0 Å². The topological polar surface area (TPSA) is 81.1 Å². The Labute approximate surface area is 170 Å². The lowest BCUT2D eigenvalue weighted by Gasteiger charge is -2.22. The first-order valence-corrected chi connectivity index (χ1v) is 10.1. The number of pyridine rings is 1. The zero-order valence-electron chi connectivity index (χ0n) is 17.2. The highest BCUT2D eigenvalue weighted by molar-refractivity contribution is 5.90. The monoisotopic (exact) mass is 393 g/mol. The van der Waals surface area contributed by atoms with Crippen molar-refractivity contribution in [2.24, 2.45) is 0 Å². The zero-order valence-corrected chi connectivity index (χ0v) is 17.2. The first-order valence-electron chi connectivity index (χ1n) is 10.1. The van der Waals surface area contributed by atoms with Crippen LogP contribution in [0, 0.1) is 13.8 Å². The van der Waals surface area contributed by atoms with Crippen molar-refractivity contribution in [3.63, 3.8) is 0 Å². The summed E-state index contributed by atoms with van der Waals surface area (Å²) >= 11 is 0. The number of aromatic nitrogens is 3. The van der Waals surface area contributed by atoms with Crippen molar-refractivity contribution in [1.29, 1.82) is 0 Å². The van der Waals surface area contributed by atoms with E-state index in [2.05, 4.69) is 15.7 Å². The number of nitrogens with one attached hydrogen (secondary N) is 2. The van der Waals surface area contributed by atoms with Crippen molar-refractivity contribution in [1.82, 2.24) is 20.1 Å². The summed E-state index contributed by atoms with van der Waals surface area (Å²) in [6.07, 6.45) is 5.67. The van der Waals surface area contributed by atoms with E-state index in [9.17, 15) is 4.79 Å². The van der Waals surface area contributed by atoms with Gasteiger partial charge in [-0.05, 0) is 44.4 Å². The molecule has 2 heterocycles. The summed E-state index contributed by atoms with van der Waals surface area (Å²) in [4.78, 5) is 17.3. The number of nitrogens with zero attached hydrogens (tertiary/aromatic N) is 3. The SMILES string of the molecule is COc1cccc2c(C)cc(-n3nc(C)cc3NC(=O)NC3CCCCC3)nc12.